The van der Waals surface area contributed by atoms with Crippen LogP contribution < -0.4 is 4.72 Å². The average molecular weight is 251 g/mol. The zero-order chi connectivity index (χ0) is 12.3. The van der Waals surface area contributed by atoms with Crippen LogP contribution in [0.25, 0.3) is 0 Å². The monoisotopic (exact) mass is 251 g/mol. The molecule has 0 aromatic carbocycles. The van der Waals surface area contributed by atoms with Crippen LogP contribution in [0.1, 0.15) is 0 Å². The van der Waals surface area contributed by atoms with Crippen LogP contribution >= 0.6 is 0 Å². The van der Waals surface area contributed by atoms with E-state index in [4.69, 9.17) is 4.74 Å². The van der Waals surface area contributed by atoms with Crippen LogP contribution in [0, 0.1) is 0 Å². The van der Waals surface area contributed by atoms with Crippen molar-refractivity contribution < 1.29 is 17.9 Å². The van der Waals surface area contributed by atoms with Crippen LogP contribution in [0.3, 0.4) is 0 Å². The van der Waals surface area contributed by atoms with E-state index in [1.165, 1.54) is 19.0 Å². The largest absolute Gasteiger partial charge is 0.365 e. The van der Waals surface area contributed by atoms with Gasteiger partial charge in [0.15, 0.2) is 0 Å². The van der Waals surface area contributed by atoms with Gasteiger partial charge in [-0.1, -0.05) is 0 Å². The number of hydrogen-bond acceptors (Lipinski definition) is 4. The van der Waals surface area contributed by atoms with Crippen molar-refractivity contribution in [3.63, 3.8) is 0 Å². The first-order chi connectivity index (χ1) is 7.33. The maximum Gasteiger partial charge on any atom is 0.279 e. The van der Waals surface area contributed by atoms with Gasteiger partial charge in [-0.2, -0.15) is 17.4 Å². The Hall–Kier alpha value is -0.700. The highest BCUT2D eigenvalue weighted by atomic mass is 32.2. The zero-order valence-corrected chi connectivity index (χ0v) is 10.5. The third kappa shape index (κ3) is 3.41. The van der Waals surface area contributed by atoms with E-state index < -0.39 is 10.2 Å². The standard InChI is InChI=1S/C8H17N3O4S/c1-10(2)16(13,14)9-4-7-5-11(3)8(12)6-15-7/h7,9H,4-6H2,1-3H3. The Morgan fingerprint density at radius 2 is 2.19 bits per heavy atom. The minimum atomic E-state index is -3.43. The number of morpholine rings is 1. The number of rotatable bonds is 4. The summed E-state index contributed by atoms with van der Waals surface area (Å²) in [6.07, 6.45) is -0.294. The first-order valence-corrected chi connectivity index (χ1v) is 6.29. The lowest BCUT2D eigenvalue weighted by atomic mass is 10.3. The van der Waals surface area contributed by atoms with E-state index in [-0.39, 0.29) is 25.2 Å². The fourth-order valence-electron chi connectivity index (χ4n) is 1.21. The number of likely N-dealkylation sites (N-methyl/N-ethyl adjacent to an activating group) is 1. The van der Waals surface area contributed by atoms with Crippen molar-refractivity contribution in [2.24, 2.45) is 0 Å². The highest BCUT2D eigenvalue weighted by molar-refractivity contribution is 7.87. The molecule has 0 aromatic rings. The van der Waals surface area contributed by atoms with Gasteiger partial charge in [0.25, 0.3) is 10.2 Å². The SMILES string of the molecule is CN1CC(CNS(=O)(=O)N(C)C)OCC1=O. The normalized spacial score (nSPS) is 22.9. The zero-order valence-electron chi connectivity index (χ0n) is 9.63. The van der Waals surface area contributed by atoms with Gasteiger partial charge in [-0.3, -0.25) is 4.79 Å². The van der Waals surface area contributed by atoms with Gasteiger partial charge in [-0.15, -0.1) is 0 Å². The second-order valence-corrected chi connectivity index (χ2v) is 5.81. The number of carbonyl (C=O) groups excluding carboxylic acids is 1. The van der Waals surface area contributed by atoms with E-state index in [1.54, 1.807) is 7.05 Å². The van der Waals surface area contributed by atoms with E-state index in [1.807, 2.05) is 0 Å². The Labute approximate surface area is 95.5 Å². The molecule has 0 aliphatic carbocycles. The summed E-state index contributed by atoms with van der Waals surface area (Å²) in [5.41, 5.74) is 0. The molecule has 8 heteroatoms. The van der Waals surface area contributed by atoms with Gasteiger partial charge in [0.05, 0.1) is 6.10 Å². The molecule has 1 N–H and O–H groups in total. The highest BCUT2D eigenvalue weighted by Crippen LogP contribution is 2.03. The van der Waals surface area contributed by atoms with Crippen LogP contribution in [0.4, 0.5) is 0 Å². The van der Waals surface area contributed by atoms with E-state index in [0.29, 0.717) is 6.54 Å². The predicted octanol–water partition coefficient (Wildman–Crippen LogP) is -1.76. The molecule has 1 rings (SSSR count). The lowest BCUT2D eigenvalue weighted by Crippen LogP contribution is -2.50. The minimum Gasteiger partial charge on any atom is -0.365 e. The number of carbonyl (C=O) groups is 1. The summed E-state index contributed by atoms with van der Waals surface area (Å²) in [6, 6.07) is 0. The molecule has 1 unspecified atom stereocenters. The topological polar surface area (TPSA) is 79.0 Å². The first kappa shape index (κ1) is 13.4. The number of ether oxygens (including phenoxy) is 1. The Morgan fingerprint density at radius 1 is 1.56 bits per heavy atom. The molecule has 1 amide bonds. The van der Waals surface area contributed by atoms with Gasteiger partial charge < -0.3 is 9.64 Å². The van der Waals surface area contributed by atoms with Gasteiger partial charge in [0, 0.05) is 34.2 Å². The van der Waals surface area contributed by atoms with Crippen LogP contribution in [0.2, 0.25) is 0 Å². The predicted molar refractivity (Wildman–Crippen MR) is 58.0 cm³/mol. The lowest BCUT2D eigenvalue weighted by molar-refractivity contribution is -0.146. The average Bonchev–Trinajstić information content (AvgIpc) is 2.20. The van der Waals surface area contributed by atoms with E-state index in [9.17, 15) is 13.2 Å². The summed E-state index contributed by atoms with van der Waals surface area (Å²) in [5, 5.41) is 0. The van der Waals surface area contributed by atoms with Crippen LogP contribution in [0.15, 0.2) is 0 Å². The Kier molecular flexibility index (Phi) is 4.25. The first-order valence-electron chi connectivity index (χ1n) is 4.85. The third-order valence-electron chi connectivity index (χ3n) is 2.32. The van der Waals surface area contributed by atoms with Gasteiger partial charge >= 0.3 is 0 Å². The summed E-state index contributed by atoms with van der Waals surface area (Å²) in [4.78, 5) is 12.6. The Morgan fingerprint density at radius 3 is 2.69 bits per heavy atom. The van der Waals surface area contributed by atoms with Gasteiger partial charge in [0.2, 0.25) is 5.91 Å². The Balaban J connectivity index is 2.43. The lowest BCUT2D eigenvalue weighted by Gasteiger charge is -2.30. The smallest absolute Gasteiger partial charge is 0.279 e. The van der Waals surface area contributed by atoms with Crippen molar-refractivity contribution in [2.75, 3.05) is 40.8 Å². The van der Waals surface area contributed by atoms with Crippen molar-refractivity contribution in [3.8, 4) is 0 Å². The molecule has 1 atom stereocenters. The highest BCUT2D eigenvalue weighted by Gasteiger charge is 2.25. The molecular weight excluding hydrogens is 234 g/mol. The van der Waals surface area contributed by atoms with E-state index in [2.05, 4.69) is 4.72 Å². The summed E-state index contributed by atoms with van der Waals surface area (Å²) < 4.78 is 31.5. The molecule has 7 nitrogen and oxygen atoms in total. The van der Waals surface area contributed by atoms with Crippen LogP contribution in [-0.4, -0.2) is 70.5 Å². The van der Waals surface area contributed by atoms with Crippen LogP contribution in [-0.2, 0) is 19.7 Å². The molecule has 1 heterocycles. The van der Waals surface area contributed by atoms with Gasteiger partial charge in [-0.25, -0.2) is 0 Å². The van der Waals surface area contributed by atoms with Gasteiger partial charge in [-0.05, 0) is 0 Å². The van der Waals surface area contributed by atoms with E-state index >= 15 is 0 Å². The molecule has 94 valence electrons. The molecule has 0 bridgehead atoms. The molecule has 1 fully saturated rings. The quantitative estimate of drug-likeness (QED) is 0.642. The maximum absolute atomic E-state index is 11.4. The van der Waals surface area contributed by atoms with Crippen molar-refractivity contribution >= 4 is 16.1 Å². The van der Waals surface area contributed by atoms with Crippen molar-refractivity contribution in [1.82, 2.24) is 13.9 Å². The summed E-state index contributed by atoms with van der Waals surface area (Å²) in [5.74, 6) is -0.0910. The molecule has 16 heavy (non-hydrogen) atoms. The second kappa shape index (κ2) is 5.09. The molecule has 0 saturated carbocycles. The second-order valence-electron chi connectivity index (χ2n) is 3.84. The van der Waals surface area contributed by atoms with Crippen LogP contribution in [0.5, 0.6) is 0 Å². The molecule has 0 spiro atoms. The number of amides is 1. The third-order valence-corrected chi connectivity index (χ3v) is 3.81. The molecule has 0 radical (unpaired) electrons. The number of hydrogen-bond donors (Lipinski definition) is 1. The fraction of sp³-hybridized carbons (Fsp3) is 0.875. The van der Waals surface area contributed by atoms with Crippen molar-refractivity contribution in [2.45, 2.75) is 6.10 Å². The van der Waals surface area contributed by atoms with Crippen molar-refractivity contribution in [1.29, 1.82) is 0 Å². The molecular formula is C8H17N3O4S. The number of nitrogens with one attached hydrogen (secondary N) is 1. The van der Waals surface area contributed by atoms with Crippen molar-refractivity contribution in [3.05, 3.63) is 0 Å². The number of nitrogens with zero attached hydrogens (tertiary/aromatic N) is 2. The minimum absolute atomic E-state index is 0.00482. The van der Waals surface area contributed by atoms with E-state index in [0.717, 1.165) is 4.31 Å². The summed E-state index contributed by atoms with van der Waals surface area (Å²) in [6.45, 7) is 0.567. The van der Waals surface area contributed by atoms with Gasteiger partial charge in [0.1, 0.15) is 6.61 Å². The Bertz CT molecular complexity index is 354. The summed E-state index contributed by atoms with van der Waals surface area (Å²) in [7, 11) is 1.12. The molecule has 1 aliphatic heterocycles. The molecule has 0 aromatic heterocycles. The summed E-state index contributed by atoms with van der Waals surface area (Å²) >= 11 is 0. The fourth-order valence-corrected chi connectivity index (χ4v) is 1.86. The molecule has 1 saturated heterocycles. The molecule has 1 aliphatic rings. The maximum atomic E-state index is 11.4.